The van der Waals surface area contributed by atoms with Gasteiger partial charge in [-0.25, -0.2) is 19.9 Å². The molecule has 0 fully saturated rings. The molecular weight excluding hydrogens is 324 g/mol. The molecule has 18 nitrogen and oxygen atoms in total. The molecule has 0 unspecified atom stereocenters. The van der Waals surface area contributed by atoms with Crippen LogP contribution in [0.5, 0.6) is 0 Å². The quantitative estimate of drug-likeness (QED) is 0.185. The first-order chi connectivity index (χ1) is 10.4. The minimum Gasteiger partial charge on any atom is -0.221 e. The van der Waals surface area contributed by atoms with E-state index in [2.05, 4.69) is 85.2 Å². The first kappa shape index (κ1) is 20.3. The molecule has 0 saturated carbocycles. The molecular formula is C3H8O18. The van der Waals surface area contributed by atoms with Gasteiger partial charge in [-0.15, -0.1) is 0 Å². The van der Waals surface area contributed by atoms with E-state index in [1.165, 1.54) is 0 Å². The zero-order valence-electron chi connectivity index (χ0n) is 9.80. The van der Waals surface area contributed by atoms with E-state index in [1.54, 1.807) is 0 Å². The Kier molecular flexibility index (Phi) is 18.6. The smallest absolute Gasteiger partial charge is 0.112 e. The second kappa shape index (κ2) is 19.3. The van der Waals surface area contributed by atoms with E-state index in [-0.39, 0.29) is 13.2 Å². The van der Waals surface area contributed by atoms with E-state index in [1.807, 2.05) is 0 Å². The van der Waals surface area contributed by atoms with Crippen LogP contribution in [0.15, 0.2) is 0 Å². The molecule has 0 heterocycles. The highest BCUT2D eigenvalue weighted by Gasteiger charge is 1.99. The molecule has 0 aliphatic heterocycles. The Morgan fingerprint density at radius 3 is 1.33 bits per heavy atom. The van der Waals surface area contributed by atoms with Crippen LogP contribution in [0.25, 0.3) is 0 Å². The van der Waals surface area contributed by atoms with Crippen molar-refractivity contribution in [1.82, 2.24) is 0 Å². The van der Waals surface area contributed by atoms with Crippen LogP contribution < -0.4 is 0 Å². The third kappa shape index (κ3) is 19.3. The van der Waals surface area contributed by atoms with Crippen molar-refractivity contribution in [2.75, 3.05) is 20.3 Å². The lowest BCUT2D eigenvalue weighted by atomic mass is 10.8. The van der Waals surface area contributed by atoms with Gasteiger partial charge in [-0.1, -0.05) is 5.04 Å². The summed E-state index contributed by atoms with van der Waals surface area (Å²) >= 11 is 0. The van der Waals surface area contributed by atoms with Gasteiger partial charge in [0.1, 0.15) is 13.2 Å². The van der Waals surface area contributed by atoms with E-state index in [4.69, 9.17) is 5.26 Å². The summed E-state index contributed by atoms with van der Waals surface area (Å²) in [6, 6.07) is 0. The van der Waals surface area contributed by atoms with Crippen LogP contribution in [0, 0.1) is 0 Å². The van der Waals surface area contributed by atoms with E-state index in [0.29, 0.717) is 0 Å². The zero-order valence-corrected chi connectivity index (χ0v) is 9.80. The fourth-order valence-corrected chi connectivity index (χ4v) is 0.311. The summed E-state index contributed by atoms with van der Waals surface area (Å²) in [7, 11) is 1.11. The number of hydrogen-bond acceptors (Lipinski definition) is 18. The maximum absolute atomic E-state index is 7.70. The van der Waals surface area contributed by atoms with Crippen molar-refractivity contribution in [3.8, 4) is 0 Å². The molecule has 0 aliphatic carbocycles. The van der Waals surface area contributed by atoms with Gasteiger partial charge in [-0.2, -0.15) is 0 Å². The Morgan fingerprint density at radius 2 is 0.905 bits per heavy atom. The maximum atomic E-state index is 7.70. The van der Waals surface area contributed by atoms with Crippen molar-refractivity contribution in [3.05, 3.63) is 0 Å². The minimum atomic E-state index is -0.198. The van der Waals surface area contributed by atoms with Crippen LogP contribution in [0.2, 0.25) is 0 Å². The topological polar surface area (TPSA) is 177 Å². The zero-order chi connectivity index (χ0) is 15.4. The average Bonchev–Trinajstić information content (AvgIpc) is 2.50. The van der Waals surface area contributed by atoms with Crippen LogP contribution in [-0.2, 0) is 85.2 Å². The van der Waals surface area contributed by atoms with Gasteiger partial charge in [0.2, 0.25) is 0 Å². The molecule has 0 spiro atoms. The Bertz CT molecular complexity index is 156. The summed E-state index contributed by atoms with van der Waals surface area (Å²) in [4.78, 5) is 12.0. The third-order valence-electron chi connectivity index (χ3n) is 0.752. The van der Waals surface area contributed by atoms with Gasteiger partial charge >= 0.3 is 0 Å². The molecule has 0 aliphatic rings. The molecule has 128 valence electrons. The highest BCUT2D eigenvalue weighted by molar-refractivity contribution is 4.13. The van der Waals surface area contributed by atoms with Gasteiger partial charge in [0.05, 0.1) is 7.11 Å². The Balaban J connectivity index is 2.90. The molecule has 0 radical (unpaired) electrons. The van der Waals surface area contributed by atoms with Crippen LogP contribution in [-0.4, -0.2) is 25.6 Å². The first-order valence-corrected chi connectivity index (χ1v) is 4.17. The molecule has 0 bridgehead atoms. The molecule has 1 N–H and O–H groups in total. The average molecular weight is 332 g/mol. The van der Waals surface area contributed by atoms with Gasteiger partial charge in [-0.3, -0.25) is 0 Å². The SMILES string of the molecule is COOOOOOOOOOOOOOOCCOOO. The van der Waals surface area contributed by atoms with Crippen molar-refractivity contribution in [2.45, 2.75) is 0 Å². The largest absolute Gasteiger partial charge is 0.221 e. The molecule has 0 amide bonds. The lowest BCUT2D eigenvalue weighted by Gasteiger charge is -2.00. The second-order valence-corrected chi connectivity index (χ2v) is 1.77. The van der Waals surface area contributed by atoms with Crippen molar-refractivity contribution < 1.29 is 90.5 Å². The van der Waals surface area contributed by atoms with Crippen LogP contribution in [0.3, 0.4) is 0 Å². The highest BCUT2D eigenvalue weighted by Crippen LogP contribution is 1.92. The molecule has 0 aromatic rings. The van der Waals surface area contributed by atoms with E-state index in [9.17, 15) is 0 Å². The molecule has 0 aromatic heterocycles. The van der Waals surface area contributed by atoms with Crippen LogP contribution in [0.1, 0.15) is 0 Å². The standard InChI is InChI=1S/C3H8O18/c1-5-9-11-13-15-17-19-21-20-18-16-14-12-10-7-3-2-6-8-4/h4H,2-3H2,1H3. The van der Waals surface area contributed by atoms with E-state index >= 15 is 0 Å². The monoisotopic (exact) mass is 332 g/mol. The predicted molar refractivity (Wildman–Crippen MR) is 36.7 cm³/mol. The number of rotatable bonds is 18. The number of hydrogen-bond donors (Lipinski definition) is 1. The van der Waals surface area contributed by atoms with Crippen molar-refractivity contribution in [1.29, 1.82) is 0 Å². The van der Waals surface area contributed by atoms with E-state index in [0.717, 1.165) is 7.11 Å². The molecule has 0 aromatic carbocycles. The van der Waals surface area contributed by atoms with Gasteiger partial charge in [0.25, 0.3) is 0 Å². The Morgan fingerprint density at radius 1 is 0.524 bits per heavy atom. The molecule has 18 heteroatoms. The summed E-state index contributed by atoms with van der Waals surface area (Å²) in [6.45, 7) is -0.378. The van der Waals surface area contributed by atoms with Crippen LogP contribution >= 0.6 is 0 Å². The fraction of sp³-hybridized carbons (Fsp3) is 1.00. The summed E-state index contributed by atoms with van der Waals surface area (Å²) in [5.74, 6) is 0. The van der Waals surface area contributed by atoms with Gasteiger partial charge < -0.3 is 0 Å². The lowest BCUT2D eigenvalue weighted by Crippen LogP contribution is -2.07. The maximum Gasteiger partial charge on any atom is 0.112 e. The van der Waals surface area contributed by atoms with Crippen molar-refractivity contribution in [3.63, 3.8) is 0 Å². The van der Waals surface area contributed by atoms with Gasteiger partial charge in [-0.05, 0) is 65.5 Å². The molecule has 21 heavy (non-hydrogen) atoms. The minimum absolute atomic E-state index is 0.181. The third-order valence-corrected chi connectivity index (χ3v) is 0.752. The van der Waals surface area contributed by atoms with E-state index < -0.39 is 0 Å². The summed E-state index contributed by atoms with van der Waals surface area (Å²) in [5, 5.41) is 57.8. The van der Waals surface area contributed by atoms with Crippen molar-refractivity contribution >= 4 is 0 Å². The lowest BCUT2D eigenvalue weighted by molar-refractivity contribution is -0.879. The Labute approximate surface area is 112 Å². The Hall–Kier alpha value is -0.720. The predicted octanol–water partition coefficient (Wildman–Crippen LogP) is -0.904. The second-order valence-electron chi connectivity index (χ2n) is 1.77. The first-order valence-electron chi connectivity index (χ1n) is 4.17. The normalized spacial score (nSPS) is 11.1. The van der Waals surface area contributed by atoms with Gasteiger partial charge in [0.15, 0.2) is 0 Å². The molecule has 0 saturated heterocycles. The molecule has 0 atom stereocenters. The summed E-state index contributed by atoms with van der Waals surface area (Å²) < 4.78 is 0. The summed E-state index contributed by atoms with van der Waals surface area (Å²) in [5.41, 5.74) is 0. The molecule has 0 rings (SSSR count). The van der Waals surface area contributed by atoms with Gasteiger partial charge in [0, 0.05) is 0 Å². The van der Waals surface area contributed by atoms with Crippen molar-refractivity contribution in [2.24, 2.45) is 0 Å². The summed E-state index contributed by atoms with van der Waals surface area (Å²) in [6.07, 6.45) is 0. The van der Waals surface area contributed by atoms with Crippen LogP contribution in [0.4, 0.5) is 0 Å². The fourth-order valence-electron chi connectivity index (χ4n) is 0.311. The highest BCUT2D eigenvalue weighted by atomic mass is 18.0.